The van der Waals surface area contributed by atoms with Gasteiger partial charge in [0.1, 0.15) is 0 Å². The Bertz CT molecular complexity index is 835. The molecule has 0 saturated carbocycles. The first-order valence-corrected chi connectivity index (χ1v) is 11.0. The van der Waals surface area contributed by atoms with E-state index in [0.29, 0.717) is 0 Å². The summed E-state index contributed by atoms with van der Waals surface area (Å²) >= 11 is 3.64. The molecule has 0 bridgehead atoms. The molecule has 0 fully saturated rings. The second-order valence-electron chi connectivity index (χ2n) is 6.60. The number of aryl methyl sites for hydroxylation is 1. The maximum Gasteiger partial charge on any atom is 0.0243 e. The van der Waals surface area contributed by atoms with E-state index in [0.717, 1.165) is 26.1 Å². The van der Waals surface area contributed by atoms with Crippen LogP contribution in [0, 0.1) is 0 Å². The first-order valence-electron chi connectivity index (χ1n) is 10.2. The predicted molar refractivity (Wildman–Crippen MR) is 123 cm³/mol. The molecule has 3 aromatic carbocycles. The van der Waals surface area contributed by atoms with Crippen molar-refractivity contribution in [3.63, 3.8) is 0 Å². The lowest BCUT2D eigenvalue weighted by atomic mass is 10.0. The molecule has 0 N–H and O–H groups in total. The fourth-order valence-electron chi connectivity index (χ4n) is 3.45. The first-order chi connectivity index (χ1) is 13.2. The zero-order valence-electron chi connectivity index (χ0n) is 17.1. The highest BCUT2D eigenvalue weighted by molar-refractivity contribution is 9.10. The molecule has 1 nitrogen and oxygen atoms in total. The van der Waals surface area contributed by atoms with E-state index in [2.05, 4.69) is 95.3 Å². The molecule has 0 amide bonds. The van der Waals surface area contributed by atoms with Crippen molar-refractivity contribution in [1.29, 1.82) is 0 Å². The van der Waals surface area contributed by atoms with Gasteiger partial charge in [0.2, 0.25) is 0 Å². The van der Waals surface area contributed by atoms with Crippen LogP contribution >= 0.6 is 15.9 Å². The minimum Gasteiger partial charge on any atom is -0.295 e. The van der Waals surface area contributed by atoms with Gasteiger partial charge in [-0.25, -0.2) is 0 Å². The maximum atomic E-state index is 3.64. The van der Waals surface area contributed by atoms with E-state index in [1.807, 2.05) is 13.8 Å². The number of halogens is 1. The van der Waals surface area contributed by atoms with Gasteiger partial charge in [0.25, 0.3) is 0 Å². The minimum atomic E-state index is 0.982. The van der Waals surface area contributed by atoms with Crippen LogP contribution in [0.5, 0.6) is 0 Å². The van der Waals surface area contributed by atoms with Crippen LogP contribution in [-0.4, -0.2) is 11.4 Å². The predicted octanol–water partition coefficient (Wildman–Crippen LogP) is 7.60. The number of benzene rings is 3. The van der Waals surface area contributed by atoms with Gasteiger partial charge in [-0.3, -0.25) is 4.90 Å². The Kier molecular flexibility index (Phi) is 9.03. The average molecular weight is 426 g/mol. The lowest BCUT2D eigenvalue weighted by Crippen LogP contribution is -2.23. The quantitative estimate of drug-likeness (QED) is 0.376. The lowest BCUT2D eigenvalue weighted by molar-refractivity contribution is 0.271. The van der Waals surface area contributed by atoms with Crippen molar-refractivity contribution in [3.8, 4) is 0 Å². The van der Waals surface area contributed by atoms with Crippen molar-refractivity contribution in [2.24, 2.45) is 0 Å². The van der Waals surface area contributed by atoms with Crippen LogP contribution in [0.15, 0.2) is 65.1 Å². The molecule has 2 heteroatoms. The van der Waals surface area contributed by atoms with E-state index in [-0.39, 0.29) is 0 Å². The summed E-state index contributed by atoms with van der Waals surface area (Å²) in [7, 11) is 0. The number of nitrogens with zero attached hydrogens (tertiary/aromatic N) is 1. The molecule has 144 valence electrons. The second-order valence-corrected chi connectivity index (χ2v) is 7.52. The van der Waals surface area contributed by atoms with Gasteiger partial charge in [-0.15, -0.1) is 0 Å². The summed E-state index contributed by atoms with van der Waals surface area (Å²) in [6, 6.07) is 22.0. The molecule has 0 atom stereocenters. The minimum absolute atomic E-state index is 0.982. The molecule has 3 rings (SSSR count). The van der Waals surface area contributed by atoms with Crippen LogP contribution in [0.1, 0.15) is 50.8 Å². The molecule has 0 aliphatic heterocycles. The topological polar surface area (TPSA) is 3.24 Å². The number of hydrogen-bond acceptors (Lipinski definition) is 1. The molecular weight excluding hydrogens is 394 g/mol. The highest BCUT2D eigenvalue weighted by Crippen LogP contribution is 2.23. The Morgan fingerprint density at radius 1 is 0.778 bits per heavy atom. The smallest absolute Gasteiger partial charge is 0.0243 e. The van der Waals surface area contributed by atoms with E-state index in [9.17, 15) is 0 Å². The van der Waals surface area contributed by atoms with Crippen molar-refractivity contribution in [1.82, 2.24) is 4.90 Å². The number of fused-ring (bicyclic) bond motifs is 1. The first kappa shape index (κ1) is 21.7. The molecule has 0 unspecified atom stereocenters. The molecule has 0 aliphatic carbocycles. The zero-order valence-corrected chi connectivity index (χ0v) is 18.7. The molecular formula is C25H32BrN. The Balaban J connectivity index is 0.00000126. The molecule has 0 radical (unpaired) electrons. The van der Waals surface area contributed by atoms with E-state index in [1.165, 1.54) is 38.4 Å². The third-order valence-corrected chi connectivity index (χ3v) is 5.30. The Morgan fingerprint density at radius 3 is 2.22 bits per heavy atom. The van der Waals surface area contributed by atoms with E-state index in [4.69, 9.17) is 0 Å². The third kappa shape index (κ3) is 5.92. The normalized spacial score (nSPS) is 10.7. The molecule has 0 saturated heterocycles. The van der Waals surface area contributed by atoms with E-state index in [1.54, 1.807) is 0 Å². The largest absolute Gasteiger partial charge is 0.295 e. The molecule has 0 spiro atoms. The van der Waals surface area contributed by atoms with Gasteiger partial charge in [0.05, 0.1) is 0 Å². The van der Waals surface area contributed by atoms with Gasteiger partial charge in [-0.05, 0) is 52.6 Å². The number of rotatable bonds is 7. The lowest BCUT2D eigenvalue weighted by Gasteiger charge is -2.23. The summed E-state index contributed by atoms with van der Waals surface area (Å²) in [5.41, 5.74) is 4.33. The van der Waals surface area contributed by atoms with Gasteiger partial charge in [0.15, 0.2) is 0 Å². The molecule has 3 aromatic rings. The standard InChI is InChI=1S/C23H26BrN.C2H6/c1-3-8-18-13-14-22(24)15-21(18)17-25(4-2)16-20-11-7-10-19-9-5-6-12-23(19)20;1-2/h5-7,9-15H,3-4,8,16-17H2,1-2H3;1-2H3. The van der Waals surface area contributed by atoms with Gasteiger partial charge >= 0.3 is 0 Å². The molecule has 0 aromatic heterocycles. The van der Waals surface area contributed by atoms with Crippen LogP contribution < -0.4 is 0 Å². The Hall–Kier alpha value is -1.64. The SMILES string of the molecule is CC.CCCc1ccc(Br)cc1CN(CC)Cc1cccc2ccccc12. The second kappa shape index (κ2) is 11.3. The van der Waals surface area contributed by atoms with Crippen molar-refractivity contribution < 1.29 is 0 Å². The van der Waals surface area contributed by atoms with Gasteiger partial charge < -0.3 is 0 Å². The van der Waals surface area contributed by atoms with E-state index < -0.39 is 0 Å². The Morgan fingerprint density at radius 2 is 1.48 bits per heavy atom. The van der Waals surface area contributed by atoms with Crippen molar-refractivity contribution in [2.45, 2.75) is 53.6 Å². The monoisotopic (exact) mass is 425 g/mol. The average Bonchev–Trinajstić information content (AvgIpc) is 2.71. The van der Waals surface area contributed by atoms with Crippen LogP contribution in [0.3, 0.4) is 0 Å². The fraction of sp³-hybridized carbons (Fsp3) is 0.360. The third-order valence-electron chi connectivity index (χ3n) is 4.80. The summed E-state index contributed by atoms with van der Waals surface area (Å²) < 4.78 is 1.17. The Labute approximate surface area is 173 Å². The van der Waals surface area contributed by atoms with Gasteiger partial charge in [-0.2, -0.15) is 0 Å². The maximum absolute atomic E-state index is 3.64. The summed E-state index contributed by atoms with van der Waals surface area (Å²) in [6.07, 6.45) is 2.33. The summed E-state index contributed by atoms with van der Waals surface area (Å²) in [5.74, 6) is 0. The molecule has 0 heterocycles. The molecule has 27 heavy (non-hydrogen) atoms. The van der Waals surface area contributed by atoms with Gasteiger partial charge in [-0.1, -0.05) is 98.6 Å². The summed E-state index contributed by atoms with van der Waals surface area (Å²) in [4.78, 5) is 2.53. The van der Waals surface area contributed by atoms with E-state index >= 15 is 0 Å². The van der Waals surface area contributed by atoms with Crippen LogP contribution in [0.4, 0.5) is 0 Å². The highest BCUT2D eigenvalue weighted by Gasteiger charge is 2.11. The van der Waals surface area contributed by atoms with Gasteiger partial charge in [0, 0.05) is 17.6 Å². The zero-order chi connectivity index (χ0) is 19.6. The van der Waals surface area contributed by atoms with Crippen molar-refractivity contribution in [3.05, 3.63) is 81.8 Å². The van der Waals surface area contributed by atoms with Crippen molar-refractivity contribution in [2.75, 3.05) is 6.54 Å². The number of hydrogen-bond donors (Lipinski definition) is 0. The van der Waals surface area contributed by atoms with Crippen LogP contribution in [0.2, 0.25) is 0 Å². The fourth-order valence-corrected chi connectivity index (χ4v) is 3.86. The summed E-state index contributed by atoms with van der Waals surface area (Å²) in [6.45, 7) is 11.5. The van der Waals surface area contributed by atoms with Crippen molar-refractivity contribution >= 4 is 26.7 Å². The van der Waals surface area contributed by atoms with Crippen LogP contribution in [0.25, 0.3) is 10.8 Å². The molecule has 0 aliphatic rings. The highest BCUT2D eigenvalue weighted by atomic mass is 79.9. The summed E-state index contributed by atoms with van der Waals surface area (Å²) in [5, 5.41) is 2.69. The van der Waals surface area contributed by atoms with Crippen LogP contribution in [-0.2, 0) is 19.5 Å².